The minimum Gasteiger partial charge on any atom is -0.341 e. The molecule has 2 aliphatic rings. The zero-order valence-electron chi connectivity index (χ0n) is 10.1. The van der Waals surface area contributed by atoms with E-state index in [1.807, 2.05) is 23.7 Å². The van der Waals surface area contributed by atoms with E-state index in [1.54, 1.807) is 0 Å². The van der Waals surface area contributed by atoms with Gasteiger partial charge in [-0.2, -0.15) is 11.8 Å². The second-order valence-corrected chi connectivity index (χ2v) is 5.97. The number of carbonyl (C=O) groups excluding carboxylic acids is 1. The molecule has 0 radical (unpaired) electrons. The number of amides is 1. The van der Waals surface area contributed by atoms with Gasteiger partial charge in [-0.3, -0.25) is 4.79 Å². The molecule has 1 N–H and O–H groups in total. The zero-order valence-corrected chi connectivity index (χ0v) is 10.9. The predicted octanol–water partition coefficient (Wildman–Crippen LogP) is 1.48. The molecular weight excluding hydrogens is 220 g/mol. The number of nitrogens with zero attached hydrogens (tertiary/aromatic N) is 1. The van der Waals surface area contributed by atoms with Gasteiger partial charge in [-0.05, 0) is 12.8 Å². The Morgan fingerprint density at radius 3 is 2.69 bits per heavy atom. The fraction of sp³-hybridized carbons (Fsp3) is 0.917. The maximum absolute atomic E-state index is 12.2. The van der Waals surface area contributed by atoms with Crippen molar-refractivity contribution < 1.29 is 4.79 Å². The van der Waals surface area contributed by atoms with Crippen LogP contribution in [-0.4, -0.2) is 48.0 Å². The van der Waals surface area contributed by atoms with Crippen molar-refractivity contribution in [1.82, 2.24) is 10.2 Å². The number of hydrogen-bond acceptors (Lipinski definition) is 3. The van der Waals surface area contributed by atoms with Crippen LogP contribution < -0.4 is 5.32 Å². The van der Waals surface area contributed by atoms with E-state index in [9.17, 15) is 4.79 Å². The number of thioether (sulfide) groups is 1. The smallest absolute Gasteiger partial charge is 0.240 e. The van der Waals surface area contributed by atoms with Gasteiger partial charge in [0.25, 0.3) is 0 Å². The Labute approximate surface area is 102 Å². The molecule has 92 valence electrons. The molecule has 16 heavy (non-hydrogen) atoms. The molecule has 1 saturated heterocycles. The van der Waals surface area contributed by atoms with E-state index >= 15 is 0 Å². The van der Waals surface area contributed by atoms with Gasteiger partial charge in [-0.15, -0.1) is 0 Å². The Morgan fingerprint density at radius 1 is 1.31 bits per heavy atom. The van der Waals surface area contributed by atoms with Crippen LogP contribution in [0.4, 0.5) is 0 Å². The molecular formula is C12H22N2OS. The summed E-state index contributed by atoms with van der Waals surface area (Å²) in [4.78, 5) is 14.3. The summed E-state index contributed by atoms with van der Waals surface area (Å²) >= 11 is 1.89. The third kappa shape index (κ3) is 2.92. The number of hydrogen-bond donors (Lipinski definition) is 1. The van der Waals surface area contributed by atoms with Crippen LogP contribution in [0.5, 0.6) is 0 Å². The molecule has 1 atom stereocenters. The van der Waals surface area contributed by atoms with Gasteiger partial charge >= 0.3 is 0 Å². The monoisotopic (exact) mass is 242 g/mol. The lowest BCUT2D eigenvalue weighted by atomic mass is 9.94. The molecule has 2 rings (SSSR count). The van der Waals surface area contributed by atoms with E-state index in [2.05, 4.69) is 5.32 Å². The van der Waals surface area contributed by atoms with Crippen molar-refractivity contribution >= 4 is 17.7 Å². The Morgan fingerprint density at radius 2 is 2.06 bits per heavy atom. The van der Waals surface area contributed by atoms with Gasteiger partial charge in [0.15, 0.2) is 0 Å². The van der Waals surface area contributed by atoms with E-state index in [4.69, 9.17) is 0 Å². The summed E-state index contributed by atoms with van der Waals surface area (Å²) in [6.07, 6.45) is 6.31. The molecule has 2 fully saturated rings. The van der Waals surface area contributed by atoms with Crippen LogP contribution in [0.15, 0.2) is 0 Å². The molecule has 0 aromatic heterocycles. The number of rotatable bonds is 2. The highest BCUT2D eigenvalue weighted by Crippen LogP contribution is 2.22. The normalized spacial score (nSPS) is 27.7. The maximum atomic E-state index is 12.2. The summed E-state index contributed by atoms with van der Waals surface area (Å²) in [6, 6.07) is 0.556. The van der Waals surface area contributed by atoms with Gasteiger partial charge in [0.2, 0.25) is 5.91 Å². The van der Waals surface area contributed by atoms with E-state index < -0.39 is 0 Å². The highest BCUT2D eigenvalue weighted by molar-refractivity contribution is 7.99. The van der Waals surface area contributed by atoms with Crippen LogP contribution in [0.2, 0.25) is 0 Å². The summed E-state index contributed by atoms with van der Waals surface area (Å²) in [7, 11) is 1.99. The molecule has 1 amide bonds. The van der Waals surface area contributed by atoms with Gasteiger partial charge in [0.1, 0.15) is 0 Å². The van der Waals surface area contributed by atoms with Crippen LogP contribution in [0.1, 0.15) is 32.1 Å². The minimum absolute atomic E-state index is 0.0608. The Bertz CT molecular complexity index is 235. The summed E-state index contributed by atoms with van der Waals surface area (Å²) < 4.78 is 0. The standard InChI is InChI=1S/C12H22N2OS/c1-14(10-5-3-2-4-6-10)12(15)11-9-16-8-7-13-11/h10-11,13H,2-9H2,1H3. The van der Waals surface area contributed by atoms with Crippen LogP contribution in [0.3, 0.4) is 0 Å². The van der Waals surface area contributed by atoms with E-state index in [0.717, 1.165) is 18.1 Å². The van der Waals surface area contributed by atoms with Gasteiger partial charge in [0, 0.05) is 31.1 Å². The fourth-order valence-electron chi connectivity index (χ4n) is 2.62. The zero-order chi connectivity index (χ0) is 11.4. The molecule has 1 saturated carbocycles. The first-order valence-corrected chi connectivity index (χ1v) is 7.52. The van der Waals surface area contributed by atoms with E-state index in [0.29, 0.717) is 11.9 Å². The Hall–Kier alpha value is -0.220. The second kappa shape index (κ2) is 5.92. The fourth-order valence-corrected chi connectivity index (χ4v) is 3.54. The van der Waals surface area contributed by atoms with Crippen molar-refractivity contribution in [3.8, 4) is 0 Å². The maximum Gasteiger partial charge on any atom is 0.240 e. The highest BCUT2D eigenvalue weighted by Gasteiger charge is 2.28. The quantitative estimate of drug-likeness (QED) is 0.796. The van der Waals surface area contributed by atoms with Crippen LogP contribution >= 0.6 is 11.8 Å². The summed E-state index contributed by atoms with van der Waals surface area (Å²) in [5.41, 5.74) is 0. The van der Waals surface area contributed by atoms with Gasteiger partial charge in [-0.1, -0.05) is 19.3 Å². The van der Waals surface area contributed by atoms with Crippen LogP contribution in [0.25, 0.3) is 0 Å². The van der Waals surface area contributed by atoms with Crippen molar-refractivity contribution in [1.29, 1.82) is 0 Å². The minimum atomic E-state index is 0.0608. The number of nitrogens with one attached hydrogen (secondary N) is 1. The molecule has 1 heterocycles. The highest BCUT2D eigenvalue weighted by atomic mass is 32.2. The van der Waals surface area contributed by atoms with Crippen LogP contribution in [-0.2, 0) is 4.79 Å². The van der Waals surface area contributed by atoms with Gasteiger partial charge in [0.05, 0.1) is 6.04 Å². The largest absolute Gasteiger partial charge is 0.341 e. The van der Waals surface area contributed by atoms with E-state index in [-0.39, 0.29) is 6.04 Å². The van der Waals surface area contributed by atoms with Crippen molar-refractivity contribution in [2.45, 2.75) is 44.2 Å². The Balaban J connectivity index is 1.86. The molecule has 3 nitrogen and oxygen atoms in total. The third-order valence-corrected chi connectivity index (χ3v) is 4.75. The topological polar surface area (TPSA) is 32.3 Å². The number of carbonyl (C=O) groups is 1. The summed E-state index contributed by atoms with van der Waals surface area (Å²) in [6.45, 7) is 0.972. The molecule has 0 aromatic carbocycles. The molecule has 1 aliphatic heterocycles. The average molecular weight is 242 g/mol. The van der Waals surface area contributed by atoms with Crippen molar-refractivity contribution in [2.24, 2.45) is 0 Å². The van der Waals surface area contributed by atoms with Crippen molar-refractivity contribution in [3.05, 3.63) is 0 Å². The van der Waals surface area contributed by atoms with E-state index in [1.165, 1.54) is 32.1 Å². The summed E-state index contributed by atoms with van der Waals surface area (Å²) in [5.74, 6) is 2.38. The predicted molar refractivity (Wildman–Crippen MR) is 68.8 cm³/mol. The van der Waals surface area contributed by atoms with Gasteiger partial charge < -0.3 is 10.2 Å². The average Bonchev–Trinajstić information content (AvgIpc) is 2.39. The lowest BCUT2D eigenvalue weighted by Gasteiger charge is -2.34. The SMILES string of the molecule is CN(C(=O)C1CSCCN1)C1CCCCC1. The molecule has 1 unspecified atom stereocenters. The molecule has 1 aliphatic carbocycles. The molecule has 0 bridgehead atoms. The first kappa shape index (κ1) is 12.2. The Kier molecular flexibility index (Phi) is 4.53. The molecule has 0 aromatic rings. The number of likely N-dealkylation sites (N-methyl/N-ethyl adjacent to an activating group) is 1. The molecule has 0 spiro atoms. The third-order valence-electron chi connectivity index (χ3n) is 3.69. The summed E-state index contributed by atoms with van der Waals surface area (Å²) in [5, 5.41) is 3.33. The van der Waals surface area contributed by atoms with Gasteiger partial charge in [-0.25, -0.2) is 0 Å². The van der Waals surface area contributed by atoms with Crippen LogP contribution in [0, 0.1) is 0 Å². The van der Waals surface area contributed by atoms with Crippen molar-refractivity contribution in [3.63, 3.8) is 0 Å². The molecule has 4 heteroatoms. The lowest BCUT2D eigenvalue weighted by molar-refractivity contribution is -0.134. The second-order valence-electron chi connectivity index (χ2n) is 4.82. The van der Waals surface area contributed by atoms with Crippen molar-refractivity contribution in [2.75, 3.05) is 25.1 Å². The first-order valence-electron chi connectivity index (χ1n) is 6.37. The lowest BCUT2D eigenvalue weighted by Crippen LogP contribution is -2.52. The first-order chi connectivity index (χ1) is 7.79.